The fourth-order valence-corrected chi connectivity index (χ4v) is 1.53. The maximum atomic E-state index is 10.1. The van der Waals surface area contributed by atoms with Crippen molar-refractivity contribution in [3.63, 3.8) is 0 Å². The molecule has 0 aliphatic carbocycles. The molecule has 2 aromatic rings. The Labute approximate surface area is 101 Å². The van der Waals surface area contributed by atoms with Gasteiger partial charge in [-0.05, 0) is 17.5 Å². The van der Waals surface area contributed by atoms with Crippen LogP contribution in [-0.4, -0.2) is 20.1 Å². The summed E-state index contributed by atoms with van der Waals surface area (Å²) in [6, 6.07) is 9.65. The lowest BCUT2D eigenvalue weighted by molar-refractivity contribution is 0.0586. The van der Waals surface area contributed by atoms with Crippen LogP contribution in [0.2, 0.25) is 0 Å². The highest BCUT2D eigenvalue weighted by molar-refractivity contribution is 5.28. The average molecular weight is 231 g/mol. The predicted molar refractivity (Wildman–Crippen MR) is 65.8 cm³/mol. The van der Waals surface area contributed by atoms with Crippen molar-refractivity contribution in [3.8, 4) is 5.69 Å². The summed E-state index contributed by atoms with van der Waals surface area (Å²) in [6.45, 7) is 5.91. The van der Waals surface area contributed by atoms with E-state index in [0.717, 1.165) is 5.69 Å². The maximum Gasteiger partial charge on any atom is 0.112 e. The van der Waals surface area contributed by atoms with Crippen molar-refractivity contribution in [2.45, 2.75) is 26.9 Å². The Hall–Kier alpha value is -1.68. The number of rotatable bonds is 2. The molecule has 1 heterocycles. The highest BCUT2D eigenvalue weighted by atomic mass is 16.3. The van der Waals surface area contributed by atoms with Gasteiger partial charge in [0.05, 0.1) is 11.9 Å². The first-order valence-electron chi connectivity index (χ1n) is 5.64. The minimum Gasteiger partial charge on any atom is -0.386 e. The molecule has 0 radical (unpaired) electrons. The zero-order valence-electron chi connectivity index (χ0n) is 10.3. The zero-order valence-corrected chi connectivity index (χ0v) is 10.3. The van der Waals surface area contributed by atoms with Crippen LogP contribution in [0, 0.1) is 5.41 Å². The van der Waals surface area contributed by atoms with Gasteiger partial charge in [-0.1, -0.05) is 39.0 Å². The number of aromatic nitrogens is 3. The first-order valence-corrected chi connectivity index (χ1v) is 5.64. The van der Waals surface area contributed by atoms with E-state index in [1.165, 1.54) is 4.80 Å². The molecule has 0 aliphatic rings. The molecular formula is C13H17N3O. The first kappa shape index (κ1) is 11.8. The summed E-state index contributed by atoms with van der Waals surface area (Å²) in [7, 11) is 0. The second-order valence-corrected chi connectivity index (χ2v) is 5.16. The van der Waals surface area contributed by atoms with Crippen LogP contribution in [0.1, 0.15) is 32.6 Å². The Morgan fingerprint density at radius 1 is 1.18 bits per heavy atom. The third kappa shape index (κ3) is 2.53. The maximum absolute atomic E-state index is 10.1. The summed E-state index contributed by atoms with van der Waals surface area (Å²) in [5.74, 6) is 0. The van der Waals surface area contributed by atoms with Crippen LogP contribution < -0.4 is 0 Å². The standard InChI is InChI=1S/C13H17N3O/c1-13(2,3)12(17)11-9-14-16(15-11)10-7-5-4-6-8-10/h4-9,12,17H,1-3H3. The summed E-state index contributed by atoms with van der Waals surface area (Å²) < 4.78 is 0. The zero-order chi connectivity index (χ0) is 12.5. The molecule has 1 aromatic carbocycles. The molecule has 0 bridgehead atoms. The summed E-state index contributed by atoms with van der Waals surface area (Å²) in [4.78, 5) is 1.53. The molecule has 1 aromatic heterocycles. The lowest BCUT2D eigenvalue weighted by Crippen LogP contribution is -2.18. The molecule has 1 N–H and O–H groups in total. The average Bonchev–Trinajstić information content (AvgIpc) is 2.77. The van der Waals surface area contributed by atoms with Gasteiger partial charge in [-0.3, -0.25) is 0 Å². The van der Waals surface area contributed by atoms with Crippen molar-refractivity contribution in [3.05, 3.63) is 42.2 Å². The fourth-order valence-electron chi connectivity index (χ4n) is 1.53. The van der Waals surface area contributed by atoms with Crippen molar-refractivity contribution in [2.24, 2.45) is 5.41 Å². The Bertz CT molecular complexity index is 485. The van der Waals surface area contributed by atoms with Crippen molar-refractivity contribution in [1.82, 2.24) is 15.0 Å². The summed E-state index contributed by atoms with van der Waals surface area (Å²) in [5, 5.41) is 18.6. The lowest BCUT2D eigenvalue weighted by atomic mass is 9.88. The molecule has 90 valence electrons. The van der Waals surface area contributed by atoms with Crippen LogP contribution >= 0.6 is 0 Å². The SMILES string of the molecule is CC(C)(C)C(O)c1cnn(-c2ccccc2)n1. The third-order valence-corrected chi connectivity index (χ3v) is 2.60. The largest absolute Gasteiger partial charge is 0.386 e. The summed E-state index contributed by atoms with van der Waals surface area (Å²) in [6.07, 6.45) is 1.00. The van der Waals surface area contributed by atoms with E-state index in [2.05, 4.69) is 10.2 Å². The number of hydrogen-bond donors (Lipinski definition) is 1. The van der Waals surface area contributed by atoms with Gasteiger partial charge in [0.2, 0.25) is 0 Å². The Balaban J connectivity index is 2.28. The first-order chi connectivity index (χ1) is 7.98. The van der Waals surface area contributed by atoms with E-state index < -0.39 is 6.10 Å². The second-order valence-electron chi connectivity index (χ2n) is 5.16. The Morgan fingerprint density at radius 2 is 1.82 bits per heavy atom. The van der Waals surface area contributed by atoms with E-state index in [9.17, 15) is 5.11 Å². The molecule has 1 unspecified atom stereocenters. The predicted octanol–water partition coefficient (Wildman–Crippen LogP) is 2.35. The monoisotopic (exact) mass is 231 g/mol. The quantitative estimate of drug-likeness (QED) is 0.863. The van der Waals surface area contributed by atoms with Crippen molar-refractivity contribution in [1.29, 1.82) is 0 Å². The van der Waals surface area contributed by atoms with E-state index in [1.54, 1.807) is 6.20 Å². The van der Waals surface area contributed by atoms with E-state index in [1.807, 2.05) is 51.1 Å². The van der Waals surface area contributed by atoms with Gasteiger partial charge in [0, 0.05) is 0 Å². The number of benzene rings is 1. The van der Waals surface area contributed by atoms with Gasteiger partial charge in [0.15, 0.2) is 0 Å². The number of aliphatic hydroxyl groups excluding tert-OH is 1. The molecule has 0 spiro atoms. The van der Waals surface area contributed by atoms with E-state index in [-0.39, 0.29) is 5.41 Å². The minimum absolute atomic E-state index is 0.239. The number of aliphatic hydroxyl groups is 1. The van der Waals surface area contributed by atoms with Gasteiger partial charge in [0.1, 0.15) is 11.8 Å². The van der Waals surface area contributed by atoms with Crippen LogP contribution in [0.15, 0.2) is 36.5 Å². The molecule has 0 aliphatic heterocycles. The summed E-state index contributed by atoms with van der Waals surface area (Å²) >= 11 is 0. The molecule has 0 saturated carbocycles. The third-order valence-electron chi connectivity index (χ3n) is 2.60. The highest BCUT2D eigenvalue weighted by Gasteiger charge is 2.26. The molecule has 0 fully saturated rings. The van der Waals surface area contributed by atoms with E-state index in [0.29, 0.717) is 5.69 Å². The van der Waals surface area contributed by atoms with Gasteiger partial charge < -0.3 is 5.11 Å². The topological polar surface area (TPSA) is 50.9 Å². The molecule has 0 saturated heterocycles. The summed E-state index contributed by atoms with van der Waals surface area (Å²) in [5.41, 5.74) is 1.25. The normalized spacial score (nSPS) is 13.6. The van der Waals surface area contributed by atoms with Crippen molar-refractivity contribution < 1.29 is 5.11 Å². The Morgan fingerprint density at radius 3 is 2.41 bits per heavy atom. The molecule has 17 heavy (non-hydrogen) atoms. The van der Waals surface area contributed by atoms with Crippen molar-refractivity contribution >= 4 is 0 Å². The Kier molecular flexibility index (Phi) is 2.98. The van der Waals surface area contributed by atoms with Crippen LogP contribution in [0.3, 0.4) is 0 Å². The number of para-hydroxylation sites is 1. The molecule has 1 atom stereocenters. The van der Waals surface area contributed by atoms with Gasteiger partial charge in [0.25, 0.3) is 0 Å². The lowest BCUT2D eigenvalue weighted by Gasteiger charge is -2.23. The van der Waals surface area contributed by atoms with Crippen LogP contribution in [0.4, 0.5) is 0 Å². The second kappa shape index (κ2) is 4.30. The molecule has 2 rings (SSSR count). The van der Waals surface area contributed by atoms with Crippen LogP contribution in [-0.2, 0) is 0 Å². The highest BCUT2D eigenvalue weighted by Crippen LogP contribution is 2.30. The van der Waals surface area contributed by atoms with Crippen LogP contribution in [0.5, 0.6) is 0 Å². The molecular weight excluding hydrogens is 214 g/mol. The fraction of sp³-hybridized carbons (Fsp3) is 0.385. The van der Waals surface area contributed by atoms with Crippen LogP contribution in [0.25, 0.3) is 5.69 Å². The van der Waals surface area contributed by atoms with Crippen molar-refractivity contribution in [2.75, 3.05) is 0 Å². The van der Waals surface area contributed by atoms with E-state index >= 15 is 0 Å². The molecule has 4 heteroatoms. The smallest absolute Gasteiger partial charge is 0.112 e. The van der Waals surface area contributed by atoms with E-state index in [4.69, 9.17) is 0 Å². The number of nitrogens with zero attached hydrogens (tertiary/aromatic N) is 3. The minimum atomic E-state index is -0.611. The van der Waals surface area contributed by atoms with Gasteiger partial charge in [-0.2, -0.15) is 15.0 Å². The number of hydrogen-bond acceptors (Lipinski definition) is 3. The molecule has 0 amide bonds. The van der Waals surface area contributed by atoms with Gasteiger partial charge in [-0.15, -0.1) is 0 Å². The molecule has 4 nitrogen and oxygen atoms in total. The van der Waals surface area contributed by atoms with Gasteiger partial charge >= 0.3 is 0 Å². The van der Waals surface area contributed by atoms with Gasteiger partial charge in [-0.25, -0.2) is 0 Å².